The number of aryl methyl sites for hydroxylation is 1. The molecule has 0 radical (unpaired) electrons. The van der Waals surface area contributed by atoms with Gasteiger partial charge in [-0.05, 0) is 57.4 Å². The number of hydrogen-bond acceptors (Lipinski definition) is 5. The van der Waals surface area contributed by atoms with Crippen molar-refractivity contribution in [2.75, 3.05) is 39.9 Å². The number of methoxy groups -OCH3 is 1. The number of carbonyl (C=O) groups excluding carboxylic acids is 1. The van der Waals surface area contributed by atoms with Crippen molar-refractivity contribution in [2.24, 2.45) is 5.92 Å². The minimum Gasteiger partial charge on any atom is -0.492 e. The van der Waals surface area contributed by atoms with Crippen molar-refractivity contribution in [2.45, 2.75) is 65.1 Å². The van der Waals surface area contributed by atoms with E-state index in [1.807, 2.05) is 35.4 Å². The number of ether oxygens (including phenoxy) is 2. The molecule has 2 aliphatic rings. The SMILES string of the molecule is CCCn1ncc(CN2CCCC[C@@H]3CN(CC[C@@H]3OC)C(=O)c3cccc(c3)OCC2)c1C. The maximum Gasteiger partial charge on any atom is 0.254 e. The summed E-state index contributed by atoms with van der Waals surface area (Å²) in [7, 11) is 1.81. The number of carbonyl (C=O) groups is 1. The van der Waals surface area contributed by atoms with E-state index in [9.17, 15) is 4.79 Å². The van der Waals surface area contributed by atoms with Gasteiger partial charge < -0.3 is 14.4 Å². The summed E-state index contributed by atoms with van der Waals surface area (Å²) in [5.74, 6) is 1.24. The quantitative estimate of drug-likeness (QED) is 0.660. The van der Waals surface area contributed by atoms with Crippen LogP contribution < -0.4 is 4.74 Å². The zero-order chi connectivity index (χ0) is 23.9. The standard InChI is InChI=1S/C27H40N4O3/c1-4-12-31-21(2)24(18-28-31)19-29-13-6-5-8-23-20-30(14-11-26(23)33-3)27(32)22-9-7-10-25(17-22)34-16-15-29/h7,9-10,17-18,23,26H,4-6,8,11-16,19-20H2,1-3H3/t23-,26+/m1/s1. The van der Waals surface area contributed by atoms with Gasteiger partial charge in [-0.15, -0.1) is 0 Å². The normalized spacial score (nSPS) is 22.7. The summed E-state index contributed by atoms with van der Waals surface area (Å²) in [5, 5.41) is 4.59. The van der Waals surface area contributed by atoms with Crippen LogP contribution in [0.15, 0.2) is 30.5 Å². The molecule has 1 amide bonds. The Bertz CT molecular complexity index is 944. The second-order valence-corrected chi connectivity index (χ2v) is 9.70. The van der Waals surface area contributed by atoms with Gasteiger partial charge in [0.1, 0.15) is 12.4 Å². The first kappa shape index (κ1) is 24.7. The molecule has 0 N–H and O–H groups in total. The average molecular weight is 469 g/mol. The van der Waals surface area contributed by atoms with Gasteiger partial charge in [0.15, 0.2) is 0 Å². The Morgan fingerprint density at radius 2 is 2.06 bits per heavy atom. The van der Waals surface area contributed by atoms with Crippen molar-refractivity contribution in [3.63, 3.8) is 0 Å². The van der Waals surface area contributed by atoms with Crippen molar-refractivity contribution < 1.29 is 14.3 Å². The summed E-state index contributed by atoms with van der Waals surface area (Å²) in [6, 6.07) is 7.65. The molecule has 4 bridgehead atoms. The zero-order valence-electron chi connectivity index (χ0n) is 21.0. The molecule has 1 fully saturated rings. The molecule has 2 aliphatic heterocycles. The first-order chi connectivity index (χ1) is 16.6. The number of nitrogens with zero attached hydrogens (tertiary/aromatic N) is 4. The smallest absolute Gasteiger partial charge is 0.254 e. The van der Waals surface area contributed by atoms with E-state index in [4.69, 9.17) is 9.47 Å². The lowest BCUT2D eigenvalue weighted by Gasteiger charge is -2.38. The van der Waals surface area contributed by atoms with E-state index in [1.165, 1.54) is 11.3 Å². The third-order valence-corrected chi connectivity index (χ3v) is 7.34. The molecule has 2 atom stereocenters. The Balaban J connectivity index is 1.49. The van der Waals surface area contributed by atoms with Crippen LogP contribution in [0.25, 0.3) is 0 Å². The van der Waals surface area contributed by atoms with Crippen LogP contribution in [0.4, 0.5) is 0 Å². The highest BCUT2D eigenvalue weighted by molar-refractivity contribution is 5.94. The van der Waals surface area contributed by atoms with Gasteiger partial charge in [0.05, 0.1) is 12.3 Å². The lowest BCUT2D eigenvalue weighted by molar-refractivity contribution is -0.00676. The summed E-state index contributed by atoms with van der Waals surface area (Å²) in [6.07, 6.45) is 7.58. The Morgan fingerprint density at radius 1 is 1.18 bits per heavy atom. The first-order valence-corrected chi connectivity index (χ1v) is 12.9. The molecule has 0 saturated carbocycles. The van der Waals surface area contributed by atoms with E-state index < -0.39 is 0 Å². The largest absolute Gasteiger partial charge is 0.492 e. The molecule has 0 aliphatic carbocycles. The number of piperidine rings is 1. The van der Waals surface area contributed by atoms with E-state index in [2.05, 4.69) is 28.5 Å². The Kier molecular flexibility index (Phi) is 8.62. The number of amides is 1. The minimum atomic E-state index is 0.0982. The van der Waals surface area contributed by atoms with Crippen LogP contribution in [0.2, 0.25) is 0 Å². The molecule has 1 aromatic heterocycles. The lowest BCUT2D eigenvalue weighted by Crippen LogP contribution is -2.46. The molecule has 7 nitrogen and oxygen atoms in total. The van der Waals surface area contributed by atoms with Crippen LogP contribution >= 0.6 is 0 Å². The van der Waals surface area contributed by atoms with Gasteiger partial charge in [-0.2, -0.15) is 5.10 Å². The van der Waals surface area contributed by atoms with Crippen molar-refractivity contribution >= 4 is 5.91 Å². The molecule has 1 saturated heterocycles. The Labute approximate surface area is 204 Å². The predicted molar refractivity (Wildman–Crippen MR) is 133 cm³/mol. The van der Waals surface area contributed by atoms with E-state index in [-0.39, 0.29) is 12.0 Å². The van der Waals surface area contributed by atoms with E-state index in [0.29, 0.717) is 18.1 Å². The van der Waals surface area contributed by atoms with Gasteiger partial charge in [0.25, 0.3) is 5.91 Å². The molecule has 3 heterocycles. The topological polar surface area (TPSA) is 59.8 Å². The second-order valence-electron chi connectivity index (χ2n) is 9.70. The Hall–Kier alpha value is -2.38. The molecule has 186 valence electrons. The van der Waals surface area contributed by atoms with Gasteiger partial charge >= 0.3 is 0 Å². The molecule has 1 aromatic carbocycles. The lowest BCUT2D eigenvalue weighted by atomic mass is 9.89. The van der Waals surface area contributed by atoms with Gasteiger partial charge in [-0.1, -0.05) is 19.4 Å². The number of aromatic nitrogens is 2. The van der Waals surface area contributed by atoms with Crippen molar-refractivity contribution in [3.05, 3.63) is 47.3 Å². The van der Waals surface area contributed by atoms with Crippen LogP contribution in [0.3, 0.4) is 0 Å². The highest BCUT2D eigenvalue weighted by atomic mass is 16.5. The summed E-state index contributed by atoms with van der Waals surface area (Å²) >= 11 is 0. The third-order valence-electron chi connectivity index (χ3n) is 7.34. The molecule has 7 heteroatoms. The van der Waals surface area contributed by atoms with Gasteiger partial charge in [0, 0.05) is 62.6 Å². The summed E-state index contributed by atoms with van der Waals surface area (Å²) in [5.41, 5.74) is 3.26. The van der Waals surface area contributed by atoms with Crippen LogP contribution in [-0.2, 0) is 17.8 Å². The number of hydrogen-bond donors (Lipinski definition) is 0. The number of fused-ring (bicyclic) bond motifs is 4. The van der Waals surface area contributed by atoms with Gasteiger partial charge in [-0.25, -0.2) is 0 Å². The van der Waals surface area contributed by atoms with Crippen molar-refractivity contribution in [1.29, 1.82) is 0 Å². The second kappa shape index (κ2) is 11.8. The molecule has 0 unspecified atom stereocenters. The fourth-order valence-corrected chi connectivity index (χ4v) is 5.31. The highest BCUT2D eigenvalue weighted by Crippen LogP contribution is 2.27. The molecule has 4 rings (SSSR count). The van der Waals surface area contributed by atoms with Crippen LogP contribution in [0.5, 0.6) is 5.75 Å². The van der Waals surface area contributed by atoms with Crippen molar-refractivity contribution in [1.82, 2.24) is 19.6 Å². The molecular formula is C27H40N4O3. The van der Waals surface area contributed by atoms with Gasteiger partial charge in [0.2, 0.25) is 0 Å². The van der Waals surface area contributed by atoms with Crippen LogP contribution in [-0.4, -0.2) is 71.5 Å². The fourth-order valence-electron chi connectivity index (χ4n) is 5.31. The third kappa shape index (κ3) is 5.99. The molecular weight excluding hydrogens is 428 g/mol. The first-order valence-electron chi connectivity index (χ1n) is 12.9. The Morgan fingerprint density at radius 3 is 2.88 bits per heavy atom. The van der Waals surface area contributed by atoms with E-state index >= 15 is 0 Å². The molecule has 2 aromatic rings. The highest BCUT2D eigenvalue weighted by Gasteiger charge is 2.31. The molecule has 0 spiro atoms. The van der Waals surface area contributed by atoms with Crippen molar-refractivity contribution in [3.8, 4) is 5.75 Å². The van der Waals surface area contributed by atoms with Crippen LogP contribution in [0, 0.1) is 12.8 Å². The van der Waals surface area contributed by atoms with Crippen LogP contribution in [0.1, 0.15) is 60.6 Å². The van der Waals surface area contributed by atoms with E-state index in [1.54, 1.807) is 7.11 Å². The average Bonchev–Trinajstić information content (AvgIpc) is 3.19. The maximum absolute atomic E-state index is 13.2. The maximum atomic E-state index is 13.2. The zero-order valence-corrected chi connectivity index (χ0v) is 21.0. The summed E-state index contributed by atoms with van der Waals surface area (Å²) in [4.78, 5) is 17.7. The monoisotopic (exact) mass is 468 g/mol. The van der Waals surface area contributed by atoms with Gasteiger partial charge in [-0.3, -0.25) is 14.4 Å². The number of rotatable bonds is 5. The summed E-state index contributed by atoms with van der Waals surface area (Å²) in [6.45, 7) is 10.2. The fraction of sp³-hybridized carbons (Fsp3) is 0.630. The van der Waals surface area contributed by atoms with E-state index in [0.717, 1.165) is 77.1 Å². The predicted octanol–water partition coefficient (Wildman–Crippen LogP) is 4.14. The summed E-state index contributed by atoms with van der Waals surface area (Å²) < 4.78 is 14.0. The number of benzene rings is 1. The minimum absolute atomic E-state index is 0.0982. The molecule has 34 heavy (non-hydrogen) atoms.